The van der Waals surface area contributed by atoms with E-state index < -0.39 is 0 Å². The van der Waals surface area contributed by atoms with Gasteiger partial charge in [0.25, 0.3) is 0 Å². The molecule has 0 radical (unpaired) electrons. The molecule has 0 heterocycles. The van der Waals surface area contributed by atoms with Gasteiger partial charge in [-0.15, -0.1) is 19.8 Å². The third-order valence-corrected chi connectivity index (χ3v) is 0.607. The minimum absolute atomic E-state index is 0. The molecular formula is C12H20O3Ti. The van der Waals surface area contributed by atoms with Gasteiger partial charge in [0.2, 0.25) is 0 Å². The Hall–Kier alpha value is -0.186. The van der Waals surface area contributed by atoms with Crippen LogP contribution in [0.2, 0.25) is 0 Å². The molecule has 0 aliphatic carbocycles. The summed E-state index contributed by atoms with van der Waals surface area (Å²) in [4.78, 5) is 0. The Kier molecular flexibility index (Phi) is 56.6. The fraction of sp³-hybridized carbons (Fsp3) is 0.500. The zero-order valence-corrected chi connectivity index (χ0v) is 11.8. The first kappa shape index (κ1) is 24.9. The van der Waals surface area contributed by atoms with Gasteiger partial charge in [-0.3, -0.25) is 0 Å². The second-order valence-corrected chi connectivity index (χ2v) is 1.94. The molecule has 1 rings (SSSR count). The fourth-order valence-electron chi connectivity index (χ4n) is 0.342. The van der Waals surface area contributed by atoms with E-state index in [0.717, 1.165) is 0 Å². The van der Waals surface area contributed by atoms with Gasteiger partial charge in [0.05, 0.1) is 0 Å². The van der Waals surface area contributed by atoms with Crippen LogP contribution in [0.15, 0.2) is 30.3 Å². The van der Waals surface area contributed by atoms with E-state index in [2.05, 4.69) is 6.07 Å². The molecule has 0 aliphatic rings. The number of benzene rings is 1. The molecule has 0 N–H and O–H groups in total. The topological polar surface area (TPSA) is 69.2 Å². The largest absolute Gasteiger partial charge is 4.00 e. The third kappa shape index (κ3) is 67.1. The normalized spacial score (nSPS) is 6.38. The van der Waals surface area contributed by atoms with Crippen molar-refractivity contribution in [1.82, 2.24) is 0 Å². The first-order valence-electron chi connectivity index (χ1n) is 4.90. The minimum Gasteiger partial charge on any atom is -0.855 e. The van der Waals surface area contributed by atoms with Crippen molar-refractivity contribution in [3.8, 4) is 0 Å². The number of hydrogen-bond acceptors (Lipinski definition) is 3. The van der Waals surface area contributed by atoms with Crippen LogP contribution in [0, 0.1) is 6.07 Å². The molecule has 90 valence electrons. The summed E-state index contributed by atoms with van der Waals surface area (Å²) < 4.78 is 0. The Morgan fingerprint density at radius 1 is 0.750 bits per heavy atom. The molecule has 1 aromatic rings. The van der Waals surface area contributed by atoms with Crippen molar-refractivity contribution in [2.75, 3.05) is 19.8 Å². The molecule has 0 aromatic heterocycles. The molecule has 0 bridgehead atoms. The van der Waals surface area contributed by atoms with Crippen LogP contribution < -0.4 is 15.3 Å². The van der Waals surface area contributed by atoms with Crippen LogP contribution in [-0.2, 0) is 21.7 Å². The summed E-state index contributed by atoms with van der Waals surface area (Å²) in [7, 11) is 0. The van der Waals surface area contributed by atoms with Crippen molar-refractivity contribution >= 4 is 0 Å². The molecule has 1 aromatic carbocycles. The van der Waals surface area contributed by atoms with Crippen LogP contribution in [0.4, 0.5) is 0 Å². The van der Waals surface area contributed by atoms with Crippen LogP contribution in [0.1, 0.15) is 20.8 Å². The van der Waals surface area contributed by atoms with Gasteiger partial charge in [-0.05, 0) is 0 Å². The maximum absolute atomic E-state index is 8.93. The maximum Gasteiger partial charge on any atom is 4.00 e. The van der Waals surface area contributed by atoms with Crippen LogP contribution in [0.3, 0.4) is 0 Å². The SMILES string of the molecule is CC[O-].CC[O-].CC[O-].[Ti+4].[c-]1ccccc1. The van der Waals surface area contributed by atoms with Gasteiger partial charge in [0.1, 0.15) is 0 Å². The van der Waals surface area contributed by atoms with Crippen LogP contribution in [0.5, 0.6) is 0 Å². The second-order valence-electron chi connectivity index (χ2n) is 1.94. The quantitative estimate of drug-likeness (QED) is 0.470. The molecule has 4 heteroatoms. The predicted molar refractivity (Wildman–Crippen MR) is 56.9 cm³/mol. The summed E-state index contributed by atoms with van der Waals surface area (Å²) in [6.45, 7) is 4.71. The van der Waals surface area contributed by atoms with Crippen molar-refractivity contribution in [3.05, 3.63) is 36.4 Å². The molecule has 0 saturated carbocycles. The van der Waals surface area contributed by atoms with Crippen molar-refractivity contribution in [3.63, 3.8) is 0 Å². The molecule has 0 spiro atoms. The zero-order chi connectivity index (χ0) is 12.4. The van der Waals surface area contributed by atoms with Crippen LogP contribution >= 0.6 is 0 Å². The van der Waals surface area contributed by atoms with Crippen molar-refractivity contribution in [1.29, 1.82) is 0 Å². The Morgan fingerprint density at radius 2 is 1.00 bits per heavy atom. The van der Waals surface area contributed by atoms with E-state index in [1.165, 1.54) is 0 Å². The summed E-state index contributed by atoms with van der Waals surface area (Å²) in [6, 6.07) is 12.5. The zero-order valence-electron chi connectivity index (χ0n) is 10.2. The summed E-state index contributed by atoms with van der Waals surface area (Å²) >= 11 is 0. The Balaban J connectivity index is -0.0000000637. The molecule has 0 unspecified atom stereocenters. The first-order valence-corrected chi connectivity index (χ1v) is 4.90. The summed E-state index contributed by atoms with van der Waals surface area (Å²) in [5.74, 6) is 0. The first-order chi connectivity index (χ1) is 7.24. The molecule has 0 fully saturated rings. The third-order valence-electron chi connectivity index (χ3n) is 0.607. The maximum atomic E-state index is 8.93. The molecule has 0 saturated heterocycles. The molecule has 0 amide bonds. The van der Waals surface area contributed by atoms with Gasteiger partial charge in [0.15, 0.2) is 0 Å². The van der Waals surface area contributed by atoms with Crippen LogP contribution in [-0.4, -0.2) is 19.8 Å². The van der Waals surface area contributed by atoms with Gasteiger partial charge in [-0.1, -0.05) is 20.8 Å². The number of hydrogen-bond donors (Lipinski definition) is 0. The summed E-state index contributed by atoms with van der Waals surface area (Å²) in [5, 5.41) is 26.8. The molecule has 16 heavy (non-hydrogen) atoms. The van der Waals surface area contributed by atoms with Gasteiger partial charge in [-0.2, -0.15) is 36.4 Å². The van der Waals surface area contributed by atoms with Gasteiger partial charge in [-0.25, -0.2) is 0 Å². The van der Waals surface area contributed by atoms with E-state index in [-0.39, 0.29) is 41.5 Å². The van der Waals surface area contributed by atoms with E-state index in [4.69, 9.17) is 15.3 Å². The summed E-state index contributed by atoms with van der Waals surface area (Å²) in [6.07, 6.45) is 0. The standard InChI is InChI=1S/C6H5.3C2H5O.Ti/c1-2-4-6-5-3-1;3*1-2-3;/h1-5H;3*2H2,1H3;/q4*-1;+4. The number of rotatable bonds is 0. The smallest absolute Gasteiger partial charge is 0.855 e. The Bertz CT molecular complexity index is 117. The van der Waals surface area contributed by atoms with Gasteiger partial charge < -0.3 is 15.3 Å². The van der Waals surface area contributed by atoms with Crippen molar-refractivity contribution in [2.45, 2.75) is 20.8 Å². The van der Waals surface area contributed by atoms with Crippen LogP contribution in [0.25, 0.3) is 0 Å². The van der Waals surface area contributed by atoms with E-state index >= 15 is 0 Å². The fourth-order valence-corrected chi connectivity index (χ4v) is 0.342. The molecule has 0 aliphatic heterocycles. The predicted octanol–water partition coefficient (Wildman–Crippen LogP) is -0.416. The Morgan fingerprint density at radius 3 is 1.06 bits per heavy atom. The van der Waals surface area contributed by atoms with E-state index in [0.29, 0.717) is 0 Å². The van der Waals surface area contributed by atoms with Gasteiger partial charge >= 0.3 is 21.7 Å². The monoisotopic (exact) mass is 260 g/mol. The van der Waals surface area contributed by atoms with Crippen molar-refractivity contribution in [2.24, 2.45) is 0 Å². The van der Waals surface area contributed by atoms with Gasteiger partial charge in [0, 0.05) is 0 Å². The van der Waals surface area contributed by atoms with E-state index in [1.54, 1.807) is 20.8 Å². The second kappa shape index (κ2) is 36.4. The minimum atomic E-state index is 0. The molecule has 0 atom stereocenters. The summed E-state index contributed by atoms with van der Waals surface area (Å²) in [5.41, 5.74) is 0. The average Bonchev–Trinajstić information content (AvgIpc) is 2.24. The van der Waals surface area contributed by atoms with E-state index in [9.17, 15) is 0 Å². The molecular weight excluding hydrogens is 240 g/mol. The Labute approximate surface area is 114 Å². The molecule has 3 nitrogen and oxygen atoms in total. The average molecular weight is 260 g/mol. The van der Waals surface area contributed by atoms with E-state index in [1.807, 2.05) is 30.3 Å². The van der Waals surface area contributed by atoms with Crippen molar-refractivity contribution < 1.29 is 37.0 Å².